The van der Waals surface area contributed by atoms with Crippen LogP contribution in [-0.4, -0.2) is 68.7 Å². The Morgan fingerprint density at radius 3 is 2.02 bits per heavy atom. The van der Waals surface area contributed by atoms with Gasteiger partial charge in [0.05, 0.1) is 30.4 Å². The van der Waals surface area contributed by atoms with Gasteiger partial charge >= 0.3 is 23.9 Å². The van der Waals surface area contributed by atoms with Crippen molar-refractivity contribution in [1.82, 2.24) is 0 Å². The molecule has 0 aliphatic carbocycles. The van der Waals surface area contributed by atoms with E-state index in [0.29, 0.717) is 49.5 Å². The van der Waals surface area contributed by atoms with Crippen molar-refractivity contribution in [2.24, 2.45) is 0 Å². The lowest BCUT2D eigenvalue weighted by molar-refractivity contribution is -0.148. The van der Waals surface area contributed by atoms with E-state index in [0.717, 1.165) is 12.3 Å². The lowest BCUT2D eigenvalue weighted by Gasteiger charge is -2.18. The Morgan fingerprint density at radius 2 is 1.41 bits per heavy atom. The van der Waals surface area contributed by atoms with Gasteiger partial charge in [-0.1, -0.05) is 13.5 Å². The highest BCUT2D eigenvalue weighted by Crippen LogP contribution is 2.25. The summed E-state index contributed by atoms with van der Waals surface area (Å²) in [4.78, 5) is 48.5. The number of hydrogen-bond donors (Lipinski definition) is 1. The lowest BCUT2D eigenvalue weighted by atomic mass is 10.2. The summed E-state index contributed by atoms with van der Waals surface area (Å²) in [5, 5.41) is 7.77. The normalized spacial score (nSPS) is 11.2. The van der Waals surface area contributed by atoms with Crippen molar-refractivity contribution < 1.29 is 52.3 Å². The average Bonchev–Trinajstić information content (AvgIpc) is 3.10. The van der Waals surface area contributed by atoms with Crippen LogP contribution < -0.4 is 18.9 Å². The number of benzene rings is 3. The molecule has 0 fully saturated rings. The summed E-state index contributed by atoms with van der Waals surface area (Å²) in [6.45, 7) is 9.69. The molecule has 0 aromatic heterocycles. The molecule has 0 saturated carbocycles. The van der Waals surface area contributed by atoms with Gasteiger partial charge in [0.25, 0.3) is 0 Å². The molecule has 260 valence electrons. The molecule has 0 radical (unpaired) electrons. The smallest absolute Gasteiger partial charge is 0.343 e. The van der Waals surface area contributed by atoms with Gasteiger partial charge in [-0.05, 0) is 93.4 Å². The van der Waals surface area contributed by atoms with Gasteiger partial charge in [0, 0.05) is 30.9 Å². The van der Waals surface area contributed by atoms with Crippen LogP contribution in [0.1, 0.15) is 66.3 Å². The first-order valence-corrected chi connectivity index (χ1v) is 15.8. The third kappa shape index (κ3) is 13.3. The number of hydrogen-bond acceptors (Lipinski definition) is 12. The van der Waals surface area contributed by atoms with Gasteiger partial charge in [0.1, 0.15) is 29.6 Å². The van der Waals surface area contributed by atoms with Crippen molar-refractivity contribution in [3.8, 4) is 23.0 Å². The average molecular weight is 676 g/mol. The molecule has 3 aromatic rings. The summed E-state index contributed by atoms with van der Waals surface area (Å²) >= 11 is 0. The van der Waals surface area contributed by atoms with E-state index in [9.17, 15) is 19.2 Å². The minimum Gasteiger partial charge on any atom is -0.491 e. The third-order valence-electron chi connectivity index (χ3n) is 6.53. The number of ether oxygens (including phenoxy) is 7. The first-order valence-electron chi connectivity index (χ1n) is 15.8. The van der Waals surface area contributed by atoms with Crippen LogP contribution in [0.5, 0.6) is 23.0 Å². The minimum absolute atomic E-state index is 0.00121. The first-order chi connectivity index (χ1) is 23.6. The molecule has 49 heavy (non-hydrogen) atoms. The van der Waals surface area contributed by atoms with E-state index < -0.39 is 24.0 Å². The number of rotatable bonds is 20. The molecule has 3 aromatic carbocycles. The number of nitrogens with one attached hydrogen (secondary N) is 1. The zero-order chi connectivity index (χ0) is 35.6. The lowest BCUT2D eigenvalue weighted by Crippen LogP contribution is -2.29. The van der Waals surface area contributed by atoms with Crippen LogP contribution in [0, 0.1) is 5.41 Å². The van der Waals surface area contributed by atoms with Crippen molar-refractivity contribution in [3.63, 3.8) is 0 Å². The quantitative estimate of drug-likeness (QED) is 0.0483. The fourth-order valence-corrected chi connectivity index (χ4v) is 4.08. The van der Waals surface area contributed by atoms with Gasteiger partial charge in [0.2, 0.25) is 0 Å². The zero-order valence-corrected chi connectivity index (χ0v) is 27.8. The summed E-state index contributed by atoms with van der Waals surface area (Å²) in [7, 11) is 0. The van der Waals surface area contributed by atoms with Crippen molar-refractivity contribution in [2.45, 2.75) is 52.2 Å². The maximum Gasteiger partial charge on any atom is 0.343 e. The predicted octanol–water partition coefficient (Wildman–Crippen LogP) is 6.14. The second-order valence-corrected chi connectivity index (χ2v) is 10.8. The molecule has 0 saturated heterocycles. The second kappa shape index (κ2) is 20.0. The van der Waals surface area contributed by atoms with E-state index in [1.54, 1.807) is 43.3 Å². The van der Waals surface area contributed by atoms with Crippen molar-refractivity contribution in [1.29, 1.82) is 5.41 Å². The Kier molecular flexibility index (Phi) is 15.5. The maximum absolute atomic E-state index is 12.9. The Hall–Kier alpha value is -5.49. The zero-order valence-electron chi connectivity index (χ0n) is 27.8. The van der Waals surface area contributed by atoms with Crippen LogP contribution in [0.15, 0.2) is 79.4 Å². The highest BCUT2D eigenvalue weighted by molar-refractivity contribution is 5.94. The number of unbranched alkanes of at least 4 members (excludes halogenated alkanes) is 1. The molecule has 1 atom stereocenters. The van der Waals surface area contributed by atoms with Crippen LogP contribution >= 0.6 is 0 Å². The summed E-state index contributed by atoms with van der Waals surface area (Å²) in [6.07, 6.45) is 2.93. The van der Waals surface area contributed by atoms with E-state index in [4.69, 9.17) is 38.6 Å². The molecule has 3 rings (SSSR count). The molecule has 1 unspecified atom stereocenters. The number of esters is 4. The standard InChI is InChI=1S/C37H41NO11/c1-5-34(39)44-20-8-7-19-43-23-32(47-35(40)6-2)24-45-29-13-9-27(10-14-29)37(42)49-33-18-17-31(21-28(33)22-38)48-36(41)26-11-15-30(16-12-26)46-25(3)4/h6,9-18,21-22,25,32,38H,2,5,7-8,19-20,23-24H2,1,3-4H3. The number of carbonyl (C=O) groups is 4. The molecule has 0 aliphatic heterocycles. The van der Waals surface area contributed by atoms with E-state index in [2.05, 4.69) is 6.58 Å². The van der Waals surface area contributed by atoms with E-state index in [-0.39, 0.29) is 47.9 Å². The summed E-state index contributed by atoms with van der Waals surface area (Å²) in [6, 6.07) is 17.0. The first kappa shape index (κ1) is 38.0. The molecule has 0 aliphatic rings. The van der Waals surface area contributed by atoms with Crippen LogP contribution in [0.2, 0.25) is 0 Å². The Labute approximate surface area is 285 Å². The third-order valence-corrected chi connectivity index (χ3v) is 6.53. The second-order valence-electron chi connectivity index (χ2n) is 10.8. The molecule has 0 heterocycles. The van der Waals surface area contributed by atoms with E-state index in [1.807, 2.05) is 13.8 Å². The molecule has 12 nitrogen and oxygen atoms in total. The fourth-order valence-electron chi connectivity index (χ4n) is 4.08. The van der Waals surface area contributed by atoms with Crippen LogP contribution in [0.4, 0.5) is 0 Å². The summed E-state index contributed by atoms with van der Waals surface area (Å²) in [5.41, 5.74) is 0.754. The SMILES string of the molecule is C=CC(=O)OC(COCCCCOC(=O)CC)COc1ccc(C(=O)Oc2ccc(OC(=O)c3ccc(OC(C)C)cc3)cc2C=N)cc1. The van der Waals surface area contributed by atoms with Crippen molar-refractivity contribution in [3.05, 3.63) is 96.1 Å². The van der Waals surface area contributed by atoms with E-state index >= 15 is 0 Å². The van der Waals surface area contributed by atoms with Crippen LogP contribution in [0.25, 0.3) is 0 Å². The maximum atomic E-state index is 12.9. The molecular weight excluding hydrogens is 634 g/mol. The topological polar surface area (TPSA) is 157 Å². The molecule has 0 spiro atoms. The minimum atomic E-state index is -0.722. The summed E-state index contributed by atoms with van der Waals surface area (Å²) in [5.74, 6) is -0.849. The predicted molar refractivity (Wildman–Crippen MR) is 180 cm³/mol. The molecule has 0 bridgehead atoms. The van der Waals surface area contributed by atoms with Gasteiger partial charge in [-0.2, -0.15) is 0 Å². The van der Waals surface area contributed by atoms with Crippen LogP contribution in [-0.2, 0) is 23.8 Å². The van der Waals surface area contributed by atoms with Gasteiger partial charge < -0.3 is 38.6 Å². The molecule has 12 heteroatoms. The largest absolute Gasteiger partial charge is 0.491 e. The van der Waals surface area contributed by atoms with E-state index in [1.165, 1.54) is 30.3 Å². The van der Waals surface area contributed by atoms with Crippen molar-refractivity contribution in [2.75, 3.05) is 26.4 Å². The Balaban J connectivity index is 1.51. The summed E-state index contributed by atoms with van der Waals surface area (Å²) < 4.78 is 38.3. The monoisotopic (exact) mass is 675 g/mol. The Bertz CT molecular complexity index is 1570. The van der Waals surface area contributed by atoms with Gasteiger partial charge in [0.15, 0.2) is 6.10 Å². The fraction of sp³-hybridized carbons (Fsp3) is 0.324. The van der Waals surface area contributed by atoms with Crippen LogP contribution in [0.3, 0.4) is 0 Å². The number of carbonyl (C=O) groups excluding carboxylic acids is 4. The van der Waals surface area contributed by atoms with Gasteiger partial charge in [-0.25, -0.2) is 14.4 Å². The molecule has 0 amide bonds. The van der Waals surface area contributed by atoms with Gasteiger partial charge in [-0.15, -0.1) is 0 Å². The molecule has 1 N–H and O–H groups in total. The highest BCUT2D eigenvalue weighted by Gasteiger charge is 2.17. The molecular formula is C37H41NO11. The van der Waals surface area contributed by atoms with Crippen molar-refractivity contribution >= 4 is 30.1 Å². The highest BCUT2D eigenvalue weighted by atomic mass is 16.6. The van der Waals surface area contributed by atoms with Gasteiger partial charge in [-0.3, -0.25) is 4.79 Å². The Morgan fingerprint density at radius 1 is 0.796 bits per heavy atom.